The van der Waals surface area contributed by atoms with Crippen molar-refractivity contribution in [2.45, 2.75) is 26.2 Å². The molecule has 1 fully saturated rings. The summed E-state index contributed by atoms with van der Waals surface area (Å²) in [5.74, 6) is 1.38. The number of aliphatic imine (C=N–C) groups is 1. The van der Waals surface area contributed by atoms with Crippen LogP contribution in [0.15, 0.2) is 27.7 Å². The molecular formula is C18H29BrFIN4. The van der Waals surface area contributed by atoms with E-state index in [1.165, 1.54) is 19.0 Å². The van der Waals surface area contributed by atoms with E-state index >= 15 is 0 Å². The van der Waals surface area contributed by atoms with E-state index in [4.69, 9.17) is 4.99 Å². The van der Waals surface area contributed by atoms with Gasteiger partial charge in [-0.2, -0.15) is 0 Å². The number of benzene rings is 1. The second-order valence-electron chi connectivity index (χ2n) is 6.40. The first-order chi connectivity index (χ1) is 11.6. The van der Waals surface area contributed by atoms with Gasteiger partial charge in [-0.1, -0.05) is 22.0 Å². The van der Waals surface area contributed by atoms with Crippen LogP contribution >= 0.6 is 39.9 Å². The Morgan fingerprint density at radius 3 is 2.84 bits per heavy atom. The second-order valence-corrected chi connectivity index (χ2v) is 7.32. The molecule has 2 rings (SSSR count). The zero-order chi connectivity index (χ0) is 17.4. The number of guanidine groups is 1. The molecule has 0 saturated carbocycles. The first-order valence-electron chi connectivity index (χ1n) is 8.73. The van der Waals surface area contributed by atoms with Gasteiger partial charge in [-0.25, -0.2) is 4.39 Å². The summed E-state index contributed by atoms with van der Waals surface area (Å²) in [6.45, 7) is 6.86. The maximum absolute atomic E-state index is 13.8. The SMILES string of the molecule is CCNC(=NCC1CCN(C)C1)NCCCc1ccc(Br)cc1F.I. The van der Waals surface area contributed by atoms with Crippen molar-refractivity contribution in [2.24, 2.45) is 10.9 Å². The van der Waals surface area contributed by atoms with Gasteiger partial charge in [-0.15, -0.1) is 24.0 Å². The lowest BCUT2D eigenvalue weighted by Crippen LogP contribution is -2.38. The van der Waals surface area contributed by atoms with E-state index in [2.05, 4.69) is 45.4 Å². The van der Waals surface area contributed by atoms with Crippen molar-refractivity contribution >= 4 is 45.9 Å². The molecule has 1 unspecified atom stereocenters. The highest BCUT2D eigenvalue weighted by atomic mass is 127. The van der Waals surface area contributed by atoms with Crippen LogP contribution in [0, 0.1) is 11.7 Å². The number of likely N-dealkylation sites (tertiary alicyclic amines) is 1. The maximum Gasteiger partial charge on any atom is 0.191 e. The summed E-state index contributed by atoms with van der Waals surface area (Å²) in [6.07, 6.45) is 2.82. The van der Waals surface area contributed by atoms with Gasteiger partial charge in [0.15, 0.2) is 5.96 Å². The van der Waals surface area contributed by atoms with E-state index in [-0.39, 0.29) is 29.8 Å². The second kappa shape index (κ2) is 12.1. The molecule has 1 atom stereocenters. The summed E-state index contributed by atoms with van der Waals surface area (Å²) >= 11 is 3.28. The fourth-order valence-corrected chi connectivity index (χ4v) is 3.28. The lowest BCUT2D eigenvalue weighted by atomic mass is 10.1. The maximum atomic E-state index is 13.8. The van der Waals surface area contributed by atoms with Crippen molar-refractivity contribution in [3.8, 4) is 0 Å². The van der Waals surface area contributed by atoms with E-state index < -0.39 is 0 Å². The summed E-state index contributed by atoms with van der Waals surface area (Å²) in [4.78, 5) is 7.05. The van der Waals surface area contributed by atoms with E-state index in [9.17, 15) is 4.39 Å². The molecule has 142 valence electrons. The van der Waals surface area contributed by atoms with Crippen molar-refractivity contribution in [1.82, 2.24) is 15.5 Å². The fraction of sp³-hybridized carbons (Fsp3) is 0.611. The molecule has 0 aliphatic carbocycles. The van der Waals surface area contributed by atoms with Gasteiger partial charge in [0, 0.05) is 30.7 Å². The summed E-state index contributed by atoms with van der Waals surface area (Å²) in [6, 6.07) is 5.25. The van der Waals surface area contributed by atoms with Gasteiger partial charge in [0.2, 0.25) is 0 Å². The molecule has 4 nitrogen and oxygen atoms in total. The van der Waals surface area contributed by atoms with Gasteiger partial charge in [0.05, 0.1) is 0 Å². The van der Waals surface area contributed by atoms with Gasteiger partial charge in [0.1, 0.15) is 5.82 Å². The first kappa shape index (κ1) is 22.6. The Morgan fingerprint density at radius 1 is 1.40 bits per heavy atom. The van der Waals surface area contributed by atoms with Crippen molar-refractivity contribution in [3.63, 3.8) is 0 Å². The van der Waals surface area contributed by atoms with Crippen LogP contribution in [0.1, 0.15) is 25.3 Å². The van der Waals surface area contributed by atoms with E-state index in [1.807, 2.05) is 12.1 Å². The highest BCUT2D eigenvalue weighted by Crippen LogP contribution is 2.16. The van der Waals surface area contributed by atoms with Gasteiger partial charge < -0.3 is 15.5 Å². The summed E-state index contributed by atoms with van der Waals surface area (Å²) in [7, 11) is 2.16. The molecule has 0 aromatic heterocycles. The largest absolute Gasteiger partial charge is 0.357 e. The molecule has 1 aliphatic heterocycles. The van der Waals surface area contributed by atoms with Crippen molar-refractivity contribution in [2.75, 3.05) is 39.8 Å². The smallest absolute Gasteiger partial charge is 0.191 e. The third-order valence-corrected chi connectivity index (χ3v) is 4.76. The van der Waals surface area contributed by atoms with Crippen LogP contribution in [0.2, 0.25) is 0 Å². The van der Waals surface area contributed by atoms with E-state index in [1.54, 1.807) is 0 Å². The highest BCUT2D eigenvalue weighted by Gasteiger charge is 2.18. The Labute approximate surface area is 176 Å². The molecule has 0 spiro atoms. The minimum atomic E-state index is -0.143. The summed E-state index contributed by atoms with van der Waals surface area (Å²) < 4.78 is 14.6. The van der Waals surface area contributed by atoms with Crippen molar-refractivity contribution in [1.29, 1.82) is 0 Å². The standard InChI is InChI=1S/C18H28BrFN4.HI/c1-3-21-18(23-12-14-8-10-24(2)13-14)22-9-4-5-15-6-7-16(19)11-17(15)20;/h6-7,11,14H,3-5,8-10,12-13H2,1-2H3,(H2,21,22,23);1H. The quantitative estimate of drug-likeness (QED) is 0.246. The van der Waals surface area contributed by atoms with Crippen LogP contribution < -0.4 is 10.6 Å². The van der Waals surface area contributed by atoms with Crippen molar-refractivity contribution < 1.29 is 4.39 Å². The third-order valence-electron chi connectivity index (χ3n) is 4.27. The molecule has 0 bridgehead atoms. The molecule has 1 saturated heterocycles. The van der Waals surface area contributed by atoms with Crippen LogP contribution in [-0.4, -0.2) is 50.6 Å². The van der Waals surface area contributed by atoms with Crippen LogP contribution in [0.3, 0.4) is 0 Å². The number of nitrogens with zero attached hydrogens (tertiary/aromatic N) is 2. The van der Waals surface area contributed by atoms with Crippen LogP contribution in [0.4, 0.5) is 4.39 Å². The predicted octanol–water partition coefficient (Wildman–Crippen LogP) is 3.65. The number of hydrogen-bond acceptors (Lipinski definition) is 2. The minimum absolute atomic E-state index is 0. The Hall–Kier alpha value is -0.410. The molecule has 1 aliphatic rings. The molecule has 0 amide bonds. The third kappa shape index (κ3) is 8.21. The predicted molar refractivity (Wildman–Crippen MR) is 117 cm³/mol. The fourth-order valence-electron chi connectivity index (χ4n) is 2.95. The molecule has 25 heavy (non-hydrogen) atoms. The monoisotopic (exact) mass is 526 g/mol. The average Bonchev–Trinajstić information content (AvgIpc) is 2.96. The average molecular weight is 527 g/mol. The van der Waals surface area contributed by atoms with Gasteiger partial charge in [-0.3, -0.25) is 4.99 Å². The Balaban J connectivity index is 0.00000312. The zero-order valence-corrected chi connectivity index (χ0v) is 18.9. The molecule has 7 heteroatoms. The van der Waals surface area contributed by atoms with Crippen LogP contribution in [-0.2, 0) is 6.42 Å². The first-order valence-corrected chi connectivity index (χ1v) is 9.52. The molecular weight excluding hydrogens is 498 g/mol. The molecule has 1 aromatic carbocycles. The lowest BCUT2D eigenvalue weighted by Gasteiger charge is -2.13. The molecule has 0 radical (unpaired) electrons. The number of nitrogens with one attached hydrogen (secondary N) is 2. The molecule has 1 aromatic rings. The number of halogens is 3. The Kier molecular flexibility index (Phi) is 10.9. The number of hydrogen-bond donors (Lipinski definition) is 2. The Morgan fingerprint density at radius 2 is 2.20 bits per heavy atom. The topological polar surface area (TPSA) is 39.7 Å². The Bertz CT molecular complexity index is 556. The van der Waals surface area contributed by atoms with E-state index in [0.717, 1.165) is 55.0 Å². The number of rotatable bonds is 7. The molecule has 2 N–H and O–H groups in total. The van der Waals surface area contributed by atoms with Gasteiger partial charge >= 0.3 is 0 Å². The molecule has 1 heterocycles. The highest BCUT2D eigenvalue weighted by molar-refractivity contribution is 14.0. The van der Waals surface area contributed by atoms with Gasteiger partial charge in [0.25, 0.3) is 0 Å². The van der Waals surface area contributed by atoms with Crippen LogP contribution in [0.25, 0.3) is 0 Å². The van der Waals surface area contributed by atoms with Gasteiger partial charge in [-0.05, 0) is 63.4 Å². The van der Waals surface area contributed by atoms with E-state index in [0.29, 0.717) is 5.92 Å². The van der Waals surface area contributed by atoms with Crippen LogP contribution in [0.5, 0.6) is 0 Å². The normalized spacial score (nSPS) is 18.1. The zero-order valence-electron chi connectivity index (χ0n) is 15.0. The van der Waals surface area contributed by atoms with Crippen molar-refractivity contribution in [3.05, 3.63) is 34.1 Å². The number of aryl methyl sites for hydroxylation is 1. The minimum Gasteiger partial charge on any atom is -0.357 e. The summed E-state index contributed by atoms with van der Waals surface area (Å²) in [5.41, 5.74) is 0.760. The lowest BCUT2D eigenvalue weighted by molar-refractivity contribution is 0.397. The summed E-state index contributed by atoms with van der Waals surface area (Å²) in [5, 5.41) is 6.63.